The third-order valence-corrected chi connectivity index (χ3v) is 5.73. The van der Waals surface area contributed by atoms with Gasteiger partial charge in [0.25, 0.3) is 0 Å². The molecule has 0 amide bonds. The quantitative estimate of drug-likeness (QED) is 0.507. The SMILES string of the molecule is COc1cccc(C(C)C(C)(C)C(O[Si](C)(C)C)(C(=O)[O-])C(F)(F)F)c1F. The van der Waals surface area contributed by atoms with Gasteiger partial charge in [0, 0.05) is 5.41 Å². The molecule has 1 aromatic rings. The number of hydrogen-bond donors (Lipinski definition) is 0. The van der Waals surface area contributed by atoms with E-state index in [1.54, 1.807) is 0 Å². The first-order valence-corrected chi connectivity index (χ1v) is 11.7. The third-order valence-electron chi connectivity index (χ3n) is 4.82. The van der Waals surface area contributed by atoms with Gasteiger partial charge in [0.1, 0.15) is 0 Å². The lowest BCUT2D eigenvalue weighted by molar-refractivity contribution is -0.366. The van der Waals surface area contributed by atoms with Crippen LogP contribution in [0.15, 0.2) is 18.2 Å². The minimum atomic E-state index is -5.28. The molecule has 1 rings (SSSR count). The van der Waals surface area contributed by atoms with E-state index in [-0.39, 0.29) is 11.3 Å². The summed E-state index contributed by atoms with van der Waals surface area (Å²) in [6, 6.07) is 4.06. The third kappa shape index (κ3) is 4.13. The van der Waals surface area contributed by atoms with E-state index in [2.05, 4.69) is 0 Å². The van der Waals surface area contributed by atoms with Crippen LogP contribution in [0.5, 0.6) is 5.75 Å². The summed E-state index contributed by atoms with van der Waals surface area (Å²) in [6.07, 6.45) is -5.28. The number of carboxylic acids is 1. The number of halogens is 4. The summed E-state index contributed by atoms with van der Waals surface area (Å²) in [7, 11) is -1.78. The molecule has 0 saturated carbocycles. The van der Waals surface area contributed by atoms with Gasteiger partial charge in [-0.3, -0.25) is 0 Å². The summed E-state index contributed by atoms with van der Waals surface area (Å²) in [5.41, 5.74) is -5.81. The molecule has 0 N–H and O–H groups in total. The topological polar surface area (TPSA) is 58.6 Å². The number of ether oxygens (including phenoxy) is 1. The molecule has 2 atom stereocenters. The molecule has 0 aliphatic rings. The average molecular weight is 409 g/mol. The lowest BCUT2D eigenvalue weighted by atomic mass is 9.64. The van der Waals surface area contributed by atoms with Crippen LogP contribution in [0.4, 0.5) is 17.6 Å². The van der Waals surface area contributed by atoms with Crippen molar-refractivity contribution in [3.8, 4) is 5.75 Å². The van der Waals surface area contributed by atoms with Crippen molar-refractivity contribution in [3.63, 3.8) is 0 Å². The highest BCUT2D eigenvalue weighted by molar-refractivity contribution is 6.70. The second kappa shape index (κ2) is 7.42. The van der Waals surface area contributed by atoms with E-state index in [1.165, 1.54) is 51.9 Å². The highest BCUT2D eigenvalue weighted by Gasteiger charge is 2.68. The molecule has 154 valence electrons. The maximum atomic E-state index is 14.7. The Bertz CT molecular complexity index is 698. The maximum Gasteiger partial charge on any atom is 0.422 e. The molecular formula is C18H25F4O4Si-. The Morgan fingerprint density at radius 1 is 1.19 bits per heavy atom. The van der Waals surface area contributed by atoms with Crippen LogP contribution in [0.25, 0.3) is 0 Å². The first-order valence-electron chi connectivity index (χ1n) is 8.33. The molecule has 27 heavy (non-hydrogen) atoms. The van der Waals surface area contributed by atoms with Crippen molar-refractivity contribution >= 4 is 14.3 Å². The number of benzene rings is 1. The van der Waals surface area contributed by atoms with E-state index in [1.807, 2.05) is 0 Å². The Hall–Kier alpha value is -1.61. The fourth-order valence-corrected chi connectivity index (χ4v) is 4.53. The number of methoxy groups -OCH3 is 1. The van der Waals surface area contributed by atoms with Crippen LogP contribution in [-0.2, 0) is 9.22 Å². The Labute approximate surface area is 157 Å². The smallest absolute Gasteiger partial charge is 0.422 e. The number of aliphatic carboxylic acids is 1. The van der Waals surface area contributed by atoms with Gasteiger partial charge < -0.3 is 19.1 Å². The van der Waals surface area contributed by atoms with Gasteiger partial charge in [0.05, 0.1) is 13.1 Å². The van der Waals surface area contributed by atoms with E-state index in [0.29, 0.717) is 0 Å². The van der Waals surface area contributed by atoms with Crippen LogP contribution in [-0.4, -0.2) is 33.2 Å². The van der Waals surface area contributed by atoms with E-state index < -0.39 is 43.2 Å². The van der Waals surface area contributed by atoms with Crippen LogP contribution < -0.4 is 9.84 Å². The van der Waals surface area contributed by atoms with Gasteiger partial charge in [-0.25, -0.2) is 4.39 Å². The normalized spacial score (nSPS) is 16.6. The Balaban J connectivity index is 3.72. The Kier molecular flexibility index (Phi) is 6.44. The summed E-state index contributed by atoms with van der Waals surface area (Å²) in [6.45, 7) is 7.87. The number of rotatable bonds is 7. The van der Waals surface area contributed by atoms with Gasteiger partial charge in [0.2, 0.25) is 0 Å². The van der Waals surface area contributed by atoms with Gasteiger partial charge in [-0.2, -0.15) is 13.2 Å². The second-order valence-electron chi connectivity index (χ2n) is 7.99. The number of carbonyl (C=O) groups excluding carboxylic acids is 1. The van der Waals surface area contributed by atoms with Crippen molar-refractivity contribution in [1.29, 1.82) is 0 Å². The molecule has 0 fully saturated rings. The van der Waals surface area contributed by atoms with Crippen LogP contribution >= 0.6 is 0 Å². The highest BCUT2D eigenvalue weighted by atomic mass is 28.4. The molecule has 0 saturated heterocycles. The fourth-order valence-electron chi connectivity index (χ4n) is 3.15. The van der Waals surface area contributed by atoms with E-state index in [0.717, 1.165) is 13.8 Å². The lowest BCUT2D eigenvalue weighted by Gasteiger charge is -2.53. The van der Waals surface area contributed by atoms with Crippen molar-refractivity contribution in [2.75, 3.05) is 7.11 Å². The summed E-state index contributed by atoms with van der Waals surface area (Å²) in [4.78, 5) is 11.9. The zero-order valence-corrected chi connectivity index (χ0v) is 17.5. The molecule has 1 aromatic carbocycles. The molecule has 0 bridgehead atoms. The van der Waals surface area contributed by atoms with Crippen LogP contribution in [0.3, 0.4) is 0 Å². The van der Waals surface area contributed by atoms with E-state index in [9.17, 15) is 27.5 Å². The molecule has 0 aromatic heterocycles. The maximum absolute atomic E-state index is 14.7. The van der Waals surface area contributed by atoms with Gasteiger partial charge in [0.15, 0.2) is 25.5 Å². The molecule has 4 nitrogen and oxygen atoms in total. The van der Waals surface area contributed by atoms with Crippen LogP contribution in [0, 0.1) is 11.2 Å². The molecule has 0 spiro atoms. The summed E-state index contributed by atoms with van der Waals surface area (Å²) >= 11 is 0. The molecule has 9 heteroatoms. The Morgan fingerprint density at radius 2 is 1.70 bits per heavy atom. The number of carboxylic acid groups (broad SMARTS) is 1. The van der Waals surface area contributed by atoms with Crippen molar-refractivity contribution in [3.05, 3.63) is 29.6 Å². The van der Waals surface area contributed by atoms with Crippen molar-refractivity contribution in [2.45, 2.75) is 58.1 Å². The monoisotopic (exact) mass is 409 g/mol. The van der Waals surface area contributed by atoms with Crippen LogP contribution in [0.2, 0.25) is 19.6 Å². The van der Waals surface area contributed by atoms with E-state index >= 15 is 0 Å². The molecule has 0 heterocycles. The summed E-state index contributed by atoms with van der Waals surface area (Å²) < 4.78 is 67.2. The minimum absolute atomic E-state index is 0.103. The fraction of sp³-hybridized carbons (Fsp3) is 0.611. The largest absolute Gasteiger partial charge is 0.547 e. The summed E-state index contributed by atoms with van der Waals surface area (Å²) in [5.74, 6) is -4.57. The van der Waals surface area contributed by atoms with Gasteiger partial charge >= 0.3 is 6.18 Å². The zero-order chi connectivity index (χ0) is 21.4. The molecule has 2 unspecified atom stereocenters. The number of carbonyl (C=O) groups is 1. The average Bonchev–Trinajstić information content (AvgIpc) is 2.49. The molecule has 0 radical (unpaired) electrons. The highest BCUT2D eigenvalue weighted by Crippen LogP contribution is 2.54. The molecule has 0 aliphatic heterocycles. The first kappa shape index (κ1) is 23.4. The number of alkyl halides is 3. The number of hydrogen-bond acceptors (Lipinski definition) is 4. The van der Waals surface area contributed by atoms with Gasteiger partial charge in [-0.05, 0) is 37.2 Å². The van der Waals surface area contributed by atoms with Crippen LogP contribution in [0.1, 0.15) is 32.3 Å². The summed E-state index contributed by atoms with van der Waals surface area (Å²) in [5, 5.41) is 11.9. The molecular weight excluding hydrogens is 384 g/mol. The first-order chi connectivity index (χ1) is 12.0. The predicted octanol–water partition coefficient (Wildman–Crippen LogP) is 3.87. The standard InChI is InChI=1S/C18H26F4O4Si/c1-11(12-9-8-10-13(25-4)14(12)19)16(2,3)17(15(23)24,18(20,21)22)26-27(5,6)7/h8-11H,1-7H3,(H,23,24)/p-1. The van der Waals surface area contributed by atoms with Gasteiger partial charge in [-0.15, -0.1) is 0 Å². The second-order valence-corrected chi connectivity index (χ2v) is 12.4. The predicted molar refractivity (Wildman–Crippen MR) is 93.4 cm³/mol. The lowest BCUT2D eigenvalue weighted by Crippen LogP contribution is -2.71. The van der Waals surface area contributed by atoms with E-state index in [4.69, 9.17) is 9.16 Å². The minimum Gasteiger partial charge on any atom is -0.547 e. The van der Waals surface area contributed by atoms with Crippen molar-refractivity contribution in [2.24, 2.45) is 5.41 Å². The Morgan fingerprint density at radius 3 is 2.07 bits per heavy atom. The van der Waals surface area contributed by atoms with Gasteiger partial charge in [-0.1, -0.05) is 32.9 Å². The molecule has 0 aliphatic carbocycles. The van der Waals surface area contributed by atoms with Crippen molar-refractivity contribution < 1.29 is 36.6 Å². The zero-order valence-electron chi connectivity index (χ0n) is 16.5. The van der Waals surface area contributed by atoms with Crippen molar-refractivity contribution in [1.82, 2.24) is 0 Å².